The third-order valence-corrected chi connectivity index (χ3v) is 4.33. The van der Waals surface area contributed by atoms with Gasteiger partial charge in [-0.05, 0) is 20.5 Å². The second-order valence-corrected chi connectivity index (χ2v) is 5.80. The van der Waals surface area contributed by atoms with E-state index in [4.69, 9.17) is 9.26 Å². The summed E-state index contributed by atoms with van der Waals surface area (Å²) in [6.07, 6.45) is 1.12. The summed E-state index contributed by atoms with van der Waals surface area (Å²) in [4.78, 5) is 9.19. The summed E-state index contributed by atoms with van der Waals surface area (Å²) in [5.41, 5.74) is 0. The number of rotatable bonds is 3. The van der Waals surface area contributed by atoms with E-state index in [1.165, 1.54) is 0 Å². The fourth-order valence-electron chi connectivity index (χ4n) is 2.88. The lowest BCUT2D eigenvalue weighted by molar-refractivity contribution is 0.108. The summed E-state index contributed by atoms with van der Waals surface area (Å²) in [6, 6.07) is 0.332. The molecule has 0 amide bonds. The quantitative estimate of drug-likeness (QED) is 0.839. The Hall–Kier alpha value is -1.02. The first-order valence-electron chi connectivity index (χ1n) is 7.16. The van der Waals surface area contributed by atoms with E-state index < -0.39 is 0 Å². The molecule has 0 spiro atoms. The molecular formula is C13H23N5O2. The lowest BCUT2D eigenvalue weighted by Gasteiger charge is -2.35. The molecule has 2 aliphatic rings. The van der Waals surface area contributed by atoms with Gasteiger partial charge in [0, 0.05) is 33.3 Å². The number of ether oxygens (including phenoxy) is 1. The maximum absolute atomic E-state index is 5.45. The van der Waals surface area contributed by atoms with E-state index in [0.29, 0.717) is 5.89 Å². The molecule has 2 aliphatic heterocycles. The van der Waals surface area contributed by atoms with E-state index in [-0.39, 0.29) is 18.2 Å². The van der Waals surface area contributed by atoms with Crippen molar-refractivity contribution < 1.29 is 9.26 Å². The van der Waals surface area contributed by atoms with E-state index in [2.05, 4.69) is 39.4 Å². The van der Waals surface area contributed by atoms with Gasteiger partial charge in [0.15, 0.2) is 5.82 Å². The molecule has 3 atom stereocenters. The van der Waals surface area contributed by atoms with Crippen LogP contribution >= 0.6 is 0 Å². The first kappa shape index (κ1) is 13.9. The molecule has 112 valence electrons. The molecule has 7 heteroatoms. The standard InChI is InChI=1S/C13H23N5O2/c1-17-4-5-18(2)11(8-17)12-15-13(20-16-12)10-6-9(19-3)7-14-10/h9-11,14H,4-8H2,1-3H3. The molecule has 3 rings (SSSR count). The molecule has 0 saturated carbocycles. The fourth-order valence-corrected chi connectivity index (χ4v) is 2.88. The SMILES string of the molecule is COC1CNC(c2nc(C3CN(C)CCN3C)no2)C1. The summed E-state index contributed by atoms with van der Waals surface area (Å²) >= 11 is 0. The number of hydrogen-bond acceptors (Lipinski definition) is 7. The zero-order valence-corrected chi connectivity index (χ0v) is 12.4. The molecular weight excluding hydrogens is 258 g/mol. The topological polar surface area (TPSA) is 66.7 Å². The van der Waals surface area contributed by atoms with Gasteiger partial charge in [-0.3, -0.25) is 4.90 Å². The monoisotopic (exact) mass is 281 g/mol. The number of hydrogen-bond donors (Lipinski definition) is 1. The van der Waals surface area contributed by atoms with Crippen molar-refractivity contribution in [2.24, 2.45) is 0 Å². The Kier molecular flexibility index (Phi) is 4.02. The number of likely N-dealkylation sites (N-methyl/N-ethyl adjacent to an activating group) is 2. The average Bonchev–Trinajstić information content (AvgIpc) is 3.09. The van der Waals surface area contributed by atoms with E-state index in [1.54, 1.807) is 7.11 Å². The maximum atomic E-state index is 5.45. The van der Waals surface area contributed by atoms with Gasteiger partial charge in [-0.15, -0.1) is 0 Å². The van der Waals surface area contributed by atoms with Crippen LogP contribution in [-0.2, 0) is 4.74 Å². The minimum absolute atomic E-state index is 0.118. The van der Waals surface area contributed by atoms with Gasteiger partial charge in [-0.25, -0.2) is 0 Å². The van der Waals surface area contributed by atoms with Crippen LogP contribution in [0.5, 0.6) is 0 Å². The van der Waals surface area contributed by atoms with Crippen LogP contribution in [0.2, 0.25) is 0 Å². The van der Waals surface area contributed by atoms with Crippen molar-refractivity contribution >= 4 is 0 Å². The van der Waals surface area contributed by atoms with Crippen molar-refractivity contribution in [2.75, 3.05) is 47.4 Å². The molecule has 1 aromatic heterocycles. The van der Waals surface area contributed by atoms with Gasteiger partial charge in [0.05, 0.1) is 18.2 Å². The Labute approximate surface area is 119 Å². The number of aromatic nitrogens is 2. The van der Waals surface area contributed by atoms with E-state index >= 15 is 0 Å². The highest BCUT2D eigenvalue weighted by molar-refractivity contribution is 5.02. The molecule has 3 heterocycles. The van der Waals surface area contributed by atoms with Crippen LogP contribution in [-0.4, -0.2) is 73.4 Å². The van der Waals surface area contributed by atoms with Gasteiger partial charge in [0.2, 0.25) is 5.89 Å². The van der Waals surface area contributed by atoms with Gasteiger partial charge >= 0.3 is 0 Å². The van der Waals surface area contributed by atoms with Crippen molar-refractivity contribution in [3.05, 3.63) is 11.7 Å². The molecule has 0 bridgehead atoms. The molecule has 0 aromatic carbocycles. The summed E-state index contributed by atoms with van der Waals surface area (Å²) in [6.45, 7) is 3.88. The van der Waals surface area contributed by atoms with Crippen LogP contribution in [0.15, 0.2) is 4.52 Å². The lowest BCUT2D eigenvalue weighted by atomic mass is 10.1. The molecule has 3 unspecified atom stereocenters. The number of piperazine rings is 1. The number of nitrogens with zero attached hydrogens (tertiary/aromatic N) is 4. The van der Waals surface area contributed by atoms with Crippen LogP contribution in [0.25, 0.3) is 0 Å². The highest BCUT2D eigenvalue weighted by Gasteiger charge is 2.32. The highest BCUT2D eigenvalue weighted by Crippen LogP contribution is 2.26. The lowest BCUT2D eigenvalue weighted by Crippen LogP contribution is -2.45. The van der Waals surface area contributed by atoms with Gasteiger partial charge in [-0.2, -0.15) is 4.98 Å². The molecule has 7 nitrogen and oxygen atoms in total. The summed E-state index contributed by atoms with van der Waals surface area (Å²) in [5.74, 6) is 1.47. The third-order valence-electron chi connectivity index (χ3n) is 4.33. The minimum Gasteiger partial charge on any atom is -0.380 e. The largest absolute Gasteiger partial charge is 0.380 e. The maximum Gasteiger partial charge on any atom is 0.243 e. The smallest absolute Gasteiger partial charge is 0.243 e. The average molecular weight is 281 g/mol. The third kappa shape index (κ3) is 2.71. The zero-order valence-electron chi connectivity index (χ0n) is 12.4. The molecule has 1 aromatic rings. The van der Waals surface area contributed by atoms with Gasteiger partial charge in [0.25, 0.3) is 0 Å². The predicted octanol–water partition coefficient (Wildman–Crippen LogP) is 0.0373. The molecule has 20 heavy (non-hydrogen) atoms. The Bertz CT molecular complexity index is 452. The normalized spacial score (nSPS) is 32.9. The molecule has 2 saturated heterocycles. The Morgan fingerprint density at radius 2 is 2.20 bits per heavy atom. The minimum atomic E-state index is 0.118. The van der Waals surface area contributed by atoms with Crippen LogP contribution in [0, 0.1) is 0 Å². The number of methoxy groups -OCH3 is 1. The van der Waals surface area contributed by atoms with Crippen LogP contribution < -0.4 is 5.32 Å². The molecule has 0 aliphatic carbocycles. The Balaban J connectivity index is 1.70. The van der Waals surface area contributed by atoms with Crippen LogP contribution in [0.4, 0.5) is 0 Å². The van der Waals surface area contributed by atoms with E-state index in [0.717, 1.165) is 38.4 Å². The van der Waals surface area contributed by atoms with Crippen molar-refractivity contribution in [3.63, 3.8) is 0 Å². The van der Waals surface area contributed by atoms with Crippen LogP contribution in [0.3, 0.4) is 0 Å². The highest BCUT2D eigenvalue weighted by atomic mass is 16.5. The van der Waals surface area contributed by atoms with Crippen molar-refractivity contribution in [2.45, 2.75) is 24.6 Å². The second-order valence-electron chi connectivity index (χ2n) is 5.80. The molecule has 1 N–H and O–H groups in total. The second kappa shape index (κ2) is 5.77. The molecule has 0 radical (unpaired) electrons. The van der Waals surface area contributed by atoms with Crippen molar-refractivity contribution in [1.82, 2.24) is 25.3 Å². The molecule has 2 fully saturated rings. The van der Waals surface area contributed by atoms with E-state index in [1.807, 2.05) is 0 Å². The van der Waals surface area contributed by atoms with Crippen molar-refractivity contribution in [1.29, 1.82) is 0 Å². The summed E-state index contributed by atoms with van der Waals surface area (Å²) < 4.78 is 10.8. The van der Waals surface area contributed by atoms with Crippen LogP contribution in [0.1, 0.15) is 30.2 Å². The Morgan fingerprint density at radius 3 is 2.95 bits per heavy atom. The summed E-state index contributed by atoms with van der Waals surface area (Å²) in [5, 5.41) is 7.55. The van der Waals surface area contributed by atoms with Gasteiger partial charge in [-0.1, -0.05) is 5.16 Å². The van der Waals surface area contributed by atoms with Gasteiger partial charge < -0.3 is 19.5 Å². The van der Waals surface area contributed by atoms with Crippen molar-refractivity contribution in [3.8, 4) is 0 Å². The predicted molar refractivity (Wildman–Crippen MR) is 73.3 cm³/mol. The zero-order chi connectivity index (χ0) is 14.1. The first-order valence-corrected chi connectivity index (χ1v) is 7.16. The first-order chi connectivity index (χ1) is 9.67. The Morgan fingerprint density at radius 1 is 1.35 bits per heavy atom. The summed E-state index contributed by atoms with van der Waals surface area (Å²) in [7, 11) is 5.98. The van der Waals surface area contributed by atoms with Gasteiger partial charge in [0.1, 0.15) is 0 Å². The fraction of sp³-hybridized carbons (Fsp3) is 0.846. The van der Waals surface area contributed by atoms with E-state index in [9.17, 15) is 0 Å². The number of nitrogens with one attached hydrogen (secondary N) is 1.